The number of likely N-dealkylation sites (tertiary alicyclic amines) is 1. The summed E-state index contributed by atoms with van der Waals surface area (Å²) in [5.74, 6) is 0. The minimum Gasteiger partial charge on any atom is -0.372 e. The second kappa shape index (κ2) is 8.29. The van der Waals surface area contributed by atoms with E-state index in [2.05, 4.69) is 38.6 Å². The van der Waals surface area contributed by atoms with Gasteiger partial charge >= 0.3 is 0 Å². The first-order valence-electron chi connectivity index (χ1n) is 9.75. The van der Waals surface area contributed by atoms with Gasteiger partial charge < -0.3 is 10.1 Å². The van der Waals surface area contributed by atoms with Gasteiger partial charge in [0.2, 0.25) is 0 Å². The van der Waals surface area contributed by atoms with E-state index in [1.54, 1.807) is 0 Å². The van der Waals surface area contributed by atoms with E-state index in [0.717, 1.165) is 32.7 Å². The van der Waals surface area contributed by atoms with E-state index in [1.165, 1.54) is 30.4 Å². The molecule has 2 fully saturated rings. The Bertz CT molecular complexity index is 681. The SMILES string of the molecule is Cn1cc([C@H]2OCCC[C@@H]2NC2CCN(Cc3ccncc3)CC2)cn1. The van der Waals surface area contributed by atoms with Crippen LogP contribution >= 0.6 is 0 Å². The summed E-state index contributed by atoms with van der Waals surface area (Å²) in [6.07, 6.45) is 12.6. The molecule has 2 aromatic heterocycles. The second-order valence-corrected chi connectivity index (χ2v) is 7.56. The van der Waals surface area contributed by atoms with Gasteiger partial charge in [0.15, 0.2) is 0 Å². The number of piperidine rings is 1. The summed E-state index contributed by atoms with van der Waals surface area (Å²) in [6, 6.07) is 5.20. The molecule has 2 aliphatic rings. The highest BCUT2D eigenvalue weighted by Crippen LogP contribution is 2.29. The molecule has 6 nitrogen and oxygen atoms in total. The maximum Gasteiger partial charge on any atom is 0.101 e. The highest BCUT2D eigenvalue weighted by Gasteiger charge is 2.31. The average Bonchev–Trinajstić information content (AvgIpc) is 3.11. The Morgan fingerprint density at radius 3 is 2.73 bits per heavy atom. The number of rotatable bonds is 5. The van der Waals surface area contributed by atoms with Gasteiger partial charge in [0.1, 0.15) is 6.10 Å². The van der Waals surface area contributed by atoms with Crippen LogP contribution < -0.4 is 5.32 Å². The van der Waals surface area contributed by atoms with E-state index in [1.807, 2.05) is 30.3 Å². The normalized spacial score (nSPS) is 25.4. The number of pyridine rings is 1. The van der Waals surface area contributed by atoms with Crippen molar-refractivity contribution in [3.05, 3.63) is 48.0 Å². The van der Waals surface area contributed by atoms with Gasteiger partial charge in [-0.2, -0.15) is 5.10 Å². The van der Waals surface area contributed by atoms with Crippen molar-refractivity contribution in [2.45, 2.75) is 50.4 Å². The zero-order chi connectivity index (χ0) is 17.8. The molecule has 0 aliphatic carbocycles. The van der Waals surface area contributed by atoms with Crippen LogP contribution in [0.3, 0.4) is 0 Å². The first-order chi connectivity index (χ1) is 12.8. The van der Waals surface area contributed by atoms with Crippen molar-refractivity contribution in [2.75, 3.05) is 19.7 Å². The molecule has 2 aliphatic heterocycles. The van der Waals surface area contributed by atoms with E-state index in [0.29, 0.717) is 12.1 Å². The Kier molecular flexibility index (Phi) is 5.62. The minimum atomic E-state index is 0.132. The van der Waals surface area contributed by atoms with Gasteiger partial charge in [-0.3, -0.25) is 14.6 Å². The van der Waals surface area contributed by atoms with Crippen LogP contribution in [0.4, 0.5) is 0 Å². The molecule has 0 radical (unpaired) electrons. The molecule has 0 bridgehead atoms. The molecule has 0 saturated carbocycles. The fraction of sp³-hybridized carbons (Fsp3) is 0.600. The second-order valence-electron chi connectivity index (χ2n) is 7.56. The molecule has 0 amide bonds. The number of nitrogens with zero attached hydrogens (tertiary/aromatic N) is 4. The van der Waals surface area contributed by atoms with E-state index in [-0.39, 0.29) is 6.10 Å². The standard InChI is InChI=1S/C20H29N5O/c1-24-15-17(13-22-24)20-19(3-2-12-26-20)23-18-6-10-25(11-7-18)14-16-4-8-21-9-5-16/h4-5,8-9,13,15,18-20,23H,2-3,6-7,10-12,14H2,1H3/t19-,20+/m0/s1. The number of ether oxygens (including phenoxy) is 1. The molecule has 4 rings (SSSR count). The van der Waals surface area contributed by atoms with Crippen LogP contribution in [0.5, 0.6) is 0 Å². The number of hydrogen-bond donors (Lipinski definition) is 1. The van der Waals surface area contributed by atoms with Crippen LogP contribution in [-0.4, -0.2) is 51.4 Å². The molecule has 0 aromatic carbocycles. The molecule has 6 heteroatoms. The summed E-state index contributed by atoms with van der Waals surface area (Å²) in [5.41, 5.74) is 2.54. The number of hydrogen-bond acceptors (Lipinski definition) is 5. The first kappa shape index (κ1) is 17.6. The van der Waals surface area contributed by atoms with Gasteiger partial charge in [0.05, 0.1) is 6.20 Å². The lowest BCUT2D eigenvalue weighted by molar-refractivity contribution is -0.0163. The zero-order valence-corrected chi connectivity index (χ0v) is 15.6. The highest BCUT2D eigenvalue weighted by molar-refractivity contribution is 5.12. The first-order valence-corrected chi connectivity index (χ1v) is 9.75. The molecule has 0 unspecified atom stereocenters. The summed E-state index contributed by atoms with van der Waals surface area (Å²) in [4.78, 5) is 6.65. The smallest absolute Gasteiger partial charge is 0.101 e. The van der Waals surface area contributed by atoms with Gasteiger partial charge in [0, 0.05) is 56.4 Å². The molecule has 2 atom stereocenters. The van der Waals surface area contributed by atoms with Crippen LogP contribution in [0.15, 0.2) is 36.9 Å². The van der Waals surface area contributed by atoms with E-state index in [4.69, 9.17) is 4.74 Å². The Balaban J connectivity index is 1.30. The molecule has 0 spiro atoms. The van der Waals surface area contributed by atoms with Gasteiger partial charge in [0.25, 0.3) is 0 Å². The fourth-order valence-electron chi connectivity index (χ4n) is 4.17. The monoisotopic (exact) mass is 355 g/mol. The largest absolute Gasteiger partial charge is 0.372 e. The maximum atomic E-state index is 6.10. The topological polar surface area (TPSA) is 55.2 Å². The van der Waals surface area contributed by atoms with Crippen molar-refractivity contribution in [1.82, 2.24) is 25.0 Å². The van der Waals surface area contributed by atoms with Crippen LogP contribution in [-0.2, 0) is 18.3 Å². The Hall–Kier alpha value is -1.76. The van der Waals surface area contributed by atoms with Crippen LogP contribution in [0, 0.1) is 0 Å². The predicted octanol–water partition coefficient (Wildman–Crippen LogP) is 2.29. The summed E-state index contributed by atoms with van der Waals surface area (Å²) in [5, 5.41) is 8.22. The quantitative estimate of drug-likeness (QED) is 0.892. The van der Waals surface area contributed by atoms with Crippen molar-refractivity contribution in [1.29, 1.82) is 0 Å². The van der Waals surface area contributed by atoms with Crippen molar-refractivity contribution in [3.63, 3.8) is 0 Å². The lowest BCUT2D eigenvalue weighted by atomic mass is 9.95. The Morgan fingerprint density at radius 2 is 2.00 bits per heavy atom. The Labute approximate surface area is 155 Å². The number of aryl methyl sites for hydroxylation is 1. The number of aromatic nitrogens is 3. The summed E-state index contributed by atoms with van der Waals surface area (Å²) in [7, 11) is 1.97. The average molecular weight is 355 g/mol. The van der Waals surface area contributed by atoms with E-state index < -0.39 is 0 Å². The molecule has 1 N–H and O–H groups in total. The zero-order valence-electron chi connectivity index (χ0n) is 15.6. The van der Waals surface area contributed by atoms with Crippen molar-refractivity contribution in [2.24, 2.45) is 7.05 Å². The van der Waals surface area contributed by atoms with Crippen LogP contribution in [0.2, 0.25) is 0 Å². The van der Waals surface area contributed by atoms with Gasteiger partial charge in [-0.15, -0.1) is 0 Å². The molecule has 4 heterocycles. The van der Waals surface area contributed by atoms with Gasteiger partial charge in [-0.05, 0) is 56.5 Å². The number of nitrogens with one attached hydrogen (secondary N) is 1. The predicted molar refractivity (Wildman–Crippen MR) is 101 cm³/mol. The highest BCUT2D eigenvalue weighted by atomic mass is 16.5. The maximum absolute atomic E-state index is 6.10. The van der Waals surface area contributed by atoms with Crippen LogP contribution in [0.25, 0.3) is 0 Å². The third-order valence-electron chi connectivity index (χ3n) is 5.57. The van der Waals surface area contributed by atoms with Crippen molar-refractivity contribution >= 4 is 0 Å². The van der Waals surface area contributed by atoms with Gasteiger partial charge in [-0.25, -0.2) is 0 Å². The lowest BCUT2D eigenvalue weighted by Crippen LogP contribution is -2.49. The third-order valence-corrected chi connectivity index (χ3v) is 5.57. The molecule has 2 saturated heterocycles. The molecule has 140 valence electrons. The summed E-state index contributed by atoms with van der Waals surface area (Å²) >= 11 is 0. The van der Waals surface area contributed by atoms with Crippen LogP contribution in [0.1, 0.15) is 42.9 Å². The van der Waals surface area contributed by atoms with E-state index >= 15 is 0 Å². The minimum absolute atomic E-state index is 0.132. The summed E-state index contributed by atoms with van der Waals surface area (Å²) < 4.78 is 7.96. The van der Waals surface area contributed by atoms with Gasteiger partial charge in [-0.1, -0.05) is 0 Å². The molecular formula is C20H29N5O. The molecule has 2 aromatic rings. The fourth-order valence-corrected chi connectivity index (χ4v) is 4.17. The molecular weight excluding hydrogens is 326 g/mol. The third kappa shape index (κ3) is 4.31. The van der Waals surface area contributed by atoms with Crippen molar-refractivity contribution < 1.29 is 4.74 Å². The Morgan fingerprint density at radius 1 is 1.19 bits per heavy atom. The van der Waals surface area contributed by atoms with E-state index in [9.17, 15) is 0 Å². The molecule has 26 heavy (non-hydrogen) atoms. The lowest BCUT2D eigenvalue weighted by Gasteiger charge is -2.38. The van der Waals surface area contributed by atoms with Crippen molar-refractivity contribution in [3.8, 4) is 0 Å². The summed E-state index contributed by atoms with van der Waals surface area (Å²) in [6.45, 7) is 4.17.